The average molecular weight is 210 g/mol. The van der Waals surface area contributed by atoms with E-state index >= 15 is 0 Å². The van der Waals surface area contributed by atoms with Crippen molar-refractivity contribution in [3.05, 3.63) is 36.2 Å². The second-order valence-electron chi connectivity index (χ2n) is 3.15. The third-order valence-electron chi connectivity index (χ3n) is 1.91. The topological polar surface area (TPSA) is 33.0 Å². The van der Waals surface area contributed by atoms with Crippen LogP contribution in [0.1, 0.15) is 24.0 Å². The molecule has 0 saturated heterocycles. The van der Waals surface area contributed by atoms with Crippen LogP contribution in [0.4, 0.5) is 8.78 Å². The predicted octanol–water partition coefficient (Wildman–Crippen LogP) is 3.10. The van der Waals surface area contributed by atoms with Crippen LogP contribution >= 0.6 is 0 Å². The molecule has 1 aromatic carbocycles. The molecule has 0 saturated carbocycles. The Hall–Kier alpha value is -1.63. The van der Waals surface area contributed by atoms with Crippen molar-refractivity contribution in [2.24, 2.45) is 0 Å². The Morgan fingerprint density at radius 1 is 1.47 bits per heavy atom. The van der Waals surface area contributed by atoms with Crippen molar-refractivity contribution in [2.75, 3.05) is 0 Å². The molecule has 0 amide bonds. The van der Waals surface area contributed by atoms with E-state index in [1.807, 2.05) is 13.0 Å². The van der Waals surface area contributed by atoms with Crippen molar-refractivity contribution in [3.8, 4) is 11.8 Å². The lowest BCUT2D eigenvalue weighted by Gasteiger charge is -2.09. The number of benzene rings is 1. The maximum atomic E-state index is 12.0. The third kappa shape index (κ3) is 2.91. The molecule has 0 N–H and O–H groups in total. The minimum absolute atomic E-state index is 0.00213. The van der Waals surface area contributed by atoms with Crippen LogP contribution in [0, 0.1) is 18.3 Å². The van der Waals surface area contributed by atoms with Gasteiger partial charge in [0.2, 0.25) is 0 Å². The van der Waals surface area contributed by atoms with Gasteiger partial charge in [-0.1, -0.05) is 13.0 Å². The Morgan fingerprint density at radius 3 is 2.60 bits per heavy atom. The molecule has 4 heteroatoms. The number of nitrogens with zero attached hydrogens (tertiary/aromatic N) is 1. The largest absolute Gasteiger partial charge is 0.433 e. The zero-order valence-electron chi connectivity index (χ0n) is 8.21. The van der Waals surface area contributed by atoms with Crippen molar-refractivity contribution < 1.29 is 13.5 Å². The fraction of sp³-hybridized carbons (Fsp3) is 0.273. The van der Waals surface area contributed by atoms with Crippen LogP contribution in [0.25, 0.3) is 0 Å². The highest BCUT2D eigenvalue weighted by Gasteiger charge is 2.11. The number of hydrogen-bond acceptors (Lipinski definition) is 2. The van der Waals surface area contributed by atoms with Gasteiger partial charge in [-0.3, -0.25) is 0 Å². The van der Waals surface area contributed by atoms with Gasteiger partial charge in [0.15, 0.2) is 0 Å². The maximum absolute atomic E-state index is 12.0. The summed E-state index contributed by atoms with van der Waals surface area (Å²) in [6, 6.07) is 6.30. The van der Waals surface area contributed by atoms with E-state index in [4.69, 9.17) is 5.26 Å². The molecule has 15 heavy (non-hydrogen) atoms. The summed E-state index contributed by atoms with van der Waals surface area (Å²) in [4.78, 5) is 0. The zero-order chi connectivity index (χ0) is 11.4. The minimum atomic E-state index is -2.92. The molecule has 2 nitrogen and oxygen atoms in total. The van der Waals surface area contributed by atoms with Gasteiger partial charge < -0.3 is 4.74 Å². The molecule has 0 aromatic heterocycles. The molecule has 1 aromatic rings. The molecule has 0 bridgehead atoms. The second kappa shape index (κ2) is 4.74. The normalized spacial score (nSPS) is 10.5. The van der Waals surface area contributed by atoms with Crippen molar-refractivity contribution in [2.45, 2.75) is 19.5 Å². The van der Waals surface area contributed by atoms with Gasteiger partial charge in [-0.2, -0.15) is 14.0 Å². The summed E-state index contributed by atoms with van der Waals surface area (Å²) in [5.41, 5.74) is 0.913. The Bertz CT molecular complexity index is 383. The molecule has 1 unspecified atom stereocenters. The standard InChI is InChI=1S/C11H10F2NO/c1-7(2)8-3-4-10(15-11(12)13)9(5-8)6-14/h3-5,7,11H,1H2,2H3. The van der Waals surface area contributed by atoms with Crippen LogP contribution in [0.15, 0.2) is 18.2 Å². The first kappa shape index (κ1) is 11.4. The van der Waals surface area contributed by atoms with E-state index in [1.165, 1.54) is 12.1 Å². The Morgan fingerprint density at radius 2 is 2.13 bits per heavy atom. The first-order valence-corrected chi connectivity index (χ1v) is 4.36. The van der Waals surface area contributed by atoms with Gasteiger partial charge in [0.25, 0.3) is 0 Å². The van der Waals surface area contributed by atoms with Crippen molar-refractivity contribution in [1.29, 1.82) is 5.26 Å². The number of ether oxygens (including phenoxy) is 1. The number of hydrogen-bond donors (Lipinski definition) is 0. The zero-order valence-corrected chi connectivity index (χ0v) is 8.21. The summed E-state index contributed by atoms with van der Waals surface area (Å²) in [5.74, 6) is -0.102. The van der Waals surface area contributed by atoms with E-state index in [-0.39, 0.29) is 17.2 Å². The lowest BCUT2D eigenvalue weighted by Crippen LogP contribution is -2.04. The number of rotatable bonds is 3. The lowest BCUT2D eigenvalue weighted by atomic mass is 10.0. The SMILES string of the molecule is [CH2]C(C)c1ccc(OC(F)F)c(C#N)c1. The molecule has 0 aliphatic carbocycles. The second-order valence-corrected chi connectivity index (χ2v) is 3.15. The predicted molar refractivity (Wildman–Crippen MR) is 51.6 cm³/mol. The van der Waals surface area contributed by atoms with E-state index in [9.17, 15) is 8.78 Å². The monoisotopic (exact) mass is 210 g/mol. The van der Waals surface area contributed by atoms with Crippen LogP contribution in [0.3, 0.4) is 0 Å². The number of halogens is 2. The highest BCUT2D eigenvalue weighted by Crippen LogP contribution is 2.24. The fourth-order valence-corrected chi connectivity index (χ4v) is 1.14. The fourth-order valence-electron chi connectivity index (χ4n) is 1.14. The Kier molecular flexibility index (Phi) is 3.62. The smallest absolute Gasteiger partial charge is 0.387 e. The highest BCUT2D eigenvalue weighted by atomic mass is 19.3. The van der Waals surface area contributed by atoms with Gasteiger partial charge in [-0.05, 0) is 30.5 Å². The average Bonchev–Trinajstić information content (AvgIpc) is 2.17. The van der Waals surface area contributed by atoms with Crippen molar-refractivity contribution in [3.63, 3.8) is 0 Å². The molecule has 1 rings (SSSR count). The lowest BCUT2D eigenvalue weighted by molar-refractivity contribution is -0.0500. The minimum Gasteiger partial charge on any atom is -0.433 e. The van der Waals surface area contributed by atoms with E-state index in [0.717, 1.165) is 5.56 Å². The first-order valence-electron chi connectivity index (χ1n) is 4.36. The molecule has 0 aliphatic rings. The molecule has 79 valence electrons. The third-order valence-corrected chi connectivity index (χ3v) is 1.91. The van der Waals surface area contributed by atoms with Crippen LogP contribution in [-0.2, 0) is 0 Å². The molecule has 1 atom stereocenters. The summed E-state index contributed by atoms with van der Waals surface area (Å²) in [5, 5.41) is 8.74. The van der Waals surface area contributed by atoms with Crippen LogP contribution in [0.5, 0.6) is 5.75 Å². The van der Waals surface area contributed by atoms with E-state index in [0.29, 0.717) is 0 Å². The molecule has 0 spiro atoms. The summed E-state index contributed by atoms with van der Waals surface area (Å²) >= 11 is 0. The number of nitriles is 1. The van der Waals surface area contributed by atoms with Gasteiger partial charge in [-0.15, -0.1) is 0 Å². The van der Waals surface area contributed by atoms with Crippen molar-refractivity contribution >= 4 is 0 Å². The van der Waals surface area contributed by atoms with Crippen LogP contribution < -0.4 is 4.74 Å². The maximum Gasteiger partial charge on any atom is 0.387 e. The quantitative estimate of drug-likeness (QED) is 0.767. The van der Waals surface area contributed by atoms with Gasteiger partial charge in [0.05, 0.1) is 5.56 Å². The van der Waals surface area contributed by atoms with Gasteiger partial charge in [-0.25, -0.2) is 0 Å². The van der Waals surface area contributed by atoms with Gasteiger partial charge >= 0.3 is 6.61 Å². The van der Waals surface area contributed by atoms with E-state index in [2.05, 4.69) is 11.7 Å². The van der Waals surface area contributed by atoms with Crippen LogP contribution in [-0.4, -0.2) is 6.61 Å². The van der Waals surface area contributed by atoms with E-state index in [1.54, 1.807) is 6.07 Å². The summed E-state index contributed by atoms with van der Waals surface area (Å²) < 4.78 is 28.1. The van der Waals surface area contributed by atoms with Gasteiger partial charge in [0, 0.05) is 0 Å². The summed E-state index contributed by atoms with van der Waals surface area (Å²) in [6.45, 7) is 2.71. The Labute approximate surface area is 87.1 Å². The summed E-state index contributed by atoms with van der Waals surface area (Å²) in [7, 11) is 0. The summed E-state index contributed by atoms with van der Waals surface area (Å²) in [6.07, 6.45) is 0. The molecule has 1 radical (unpaired) electrons. The first-order chi connectivity index (χ1) is 7.04. The Balaban J connectivity index is 3.05. The van der Waals surface area contributed by atoms with Crippen LogP contribution in [0.2, 0.25) is 0 Å². The number of alkyl halides is 2. The van der Waals surface area contributed by atoms with E-state index < -0.39 is 6.61 Å². The molecular formula is C11H10F2NO. The highest BCUT2D eigenvalue weighted by molar-refractivity contribution is 5.46. The molecular weight excluding hydrogens is 200 g/mol. The molecule has 0 aliphatic heterocycles. The van der Waals surface area contributed by atoms with Gasteiger partial charge in [0.1, 0.15) is 11.8 Å². The molecule has 0 fully saturated rings. The molecule has 0 heterocycles. The van der Waals surface area contributed by atoms with Crippen molar-refractivity contribution in [1.82, 2.24) is 0 Å².